The van der Waals surface area contributed by atoms with E-state index in [1.807, 2.05) is 25.5 Å². The van der Waals surface area contributed by atoms with Crippen LogP contribution in [0, 0.1) is 6.92 Å². The zero-order valence-electron chi connectivity index (χ0n) is 12.1. The lowest BCUT2D eigenvalue weighted by molar-refractivity contribution is 0.690. The second kappa shape index (κ2) is 5.96. The van der Waals surface area contributed by atoms with Gasteiger partial charge < -0.3 is 5.32 Å². The van der Waals surface area contributed by atoms with Gasteiger partial charge in [-0.2, -0.15) is 0 Å². The summed E-state index contributed by atoms with van der Waals surface area (Å²) in [5, 5.41) is 5.83. The van der Waals surface area contributed by atoms with Crippen molar-refractivity contribution in [3.63, 3.8) is 0 Å². The molecule has 0 amide bonds. The molecule has 1 atom stereocenters. The molecule has 0 saturated heterocycles. The standard InChI is InChI=1S/C18H17BrN2/c1-12-7-8-17(19)15(9-12)18(20-2)16-11-21-10-13-5-3-4-6-14(13)16/h3-11,18,20H,1-2H3. The lowest BCUT2D eigenvalue weighted by Gasteiger charge is -2.20. The predicted octanol–water partition coefficient (Wildman–Crippen LogP) is 4.61. The van der Waals surface area contributed by atoms with Gasteiger partial charge in [-0.1, -0.05) is 57.9 Å². The molecule has 0 aliphatic carbocycles. The van der Waals surface area contributed by atoms with Crippen LogP contribution < -0.4 is 5.32 Å². The molecule has 1 unspecified atom stereocenters. The van der Waals surface area contributed by atoms with E-state index < -0.39 is 0 Å². The number of nitrogens with one attached hydrogen (secondary N) is 1. The van der Waals surface area contributed by atoms with Crippen LogP contribution in [0.4, 0.5) is 0 Å². The van der Waals surface area contributed by atoms with E-state index in [9.17, 15) is 0 Å². The highest BCUT2D eigenvalue weighted by Crippen LogP contribution is 2.32. The first-order chi connectivity index (χ1) is 10.2. The molecule has 21 heavy (non-hydrogen) atoms. The Morgan fingerprint density at radius 3 is 2.67 bits per heavy atom. The Morgan fingerprint density at radius 2 is 1.86 bits per heavy atom. The Hall–Kier alpha value is -1.71. The SMILES string of the molecule is CNC(c1cc(C)ccc1Br)c1cncc2ccccc12. The minimum Gasteiger partial charge on any atom is -0.309 e. The van der Waals surface area contributed by atoms with Gasteiger partial charge in [-0.25, -0.2) is 0 Å². The zero-order chi connectivity index (χ0) is 14.8. The number of pyridine rings is 1. The normalized spacial score (nSPS) is 12.5. The van der Waals surface area contributed by atoms with Crippen LogP contribution in [0.1, 0.15) is 22.7 Å². The first-order valence-corrected chi connectivity index (χ1v) is 7.76. The molecule has 3 rings (SSSR count). The Bertz CT molecular complexity index is 778. The molecule has 0 bridgehead atoms. The summed E-state index contributed by atoms with van der Waals surface area (Å²) in [5.74, 6) is 0. The third kappa shape index (κ3) is 2.71. The zero-order valence-corrected chi connectivity index (χ0v) is 13.7. The number of hydrogen-bond acceptors (Lipinski definition) is 2. The molecule has 1 heterocycles. The number of benzene rings is 2. The lowest BCUT2D eigenvalue weighted by Crippen LogP contribution is -2.19. The van der Waals surface area contributed by atoms with Crippen LogP contribution in [0.2, 0.25) is 0 Å². The van der Waals surface area contributed by atoms with Crippen LogP contribution in [0.25, 0.3) is 10.8 Å². The molecule has 0 spiro atoms. The van der Waals surface area contributed by atoms with Gasteiger partial charge in [0.05, 0.1) is 6.04 Å². The van der Waals surface area contributed by atoms with Crippen molar-refractivity contribution in [1.82, 2.24) is 10.3 Å². The van der Waals surface area contributed by atoms with Crippen molar-refractivity contribution in [2.24, 2.45) is 0 Å². The van der Waals surface area contributed by atoms with Crippen molar-refractivity contribution in [2.45, 2.75) is 13.0 Å². The largest absolute Gasteiger partial charge is 0.309 e. The fourth-order valence-electron chi connectivity index (χ4n) is 2.73. The second-order valence-electron chi connectivity index (χ2n) is 5.20. The summed E-state index contributed by atoms with van der Waals surface area (Å²) in [6.07, 6.45) is 3.87. The number of hydrogen-bond donors (Lipinski definition) is 1. The molecule has 106 valence electrons. The van der Waals surface area contributed by atoms with Gasteiger partial charge in [-0.3, -0.25) is 4.98 Å². The van der Waals surface area contributed by atoms with Crippen molar-refractivity contribution < 1.29 is 0 Å². The first-order valence-electron chi connectivity index (χ1n) is 6.96. The van der Waals surface area contributed by atoms with Gasteiger partial charge in [-0.05, 0) is 36.6 Å². The Morgan fingerprint density at radius 1 is 1.05 bits per heavy atom. The number of rotatable bonds is 3. The van der Waals surface area contributed by atoms with Gasteiger partial charge in [0.15, 0.2) is 0 Å². The number of fused-ring (bicyclic) bond motifs is 1. The Balaban J connectivity index is 2.21. The van der Waals surface area contributed by atoms with Crippen LogP contribution >= 0.6 is 15.9 Å². The molecule has 1 N–H and O–H groups in total. The van der Waals surface area contributed by atoms with E-state index in [1.54, 1.807) is 0 Å². The summed E-state index contributed by atoms with van der Waals surface area (Å²) in [6, 6.07) is 14.9. The molecule has 3 heteroatoms. The molecule has 0 fully saturated rings. The third-order valence-corrected chi connectivity index (χ3v) is 4.48. The third-order valence-electron chi connectivity index (χ3n) is 3.76. The summed E-state index contributed by atoms with van der Waals surface area (Å²) >= 11 is 3.67. The molecule has 0 aliphatic heterocycles. The van der Waals surface area contributed by atoms with Crippen LogP contribution in [0.5, 0.6) is 0 Å². The van der Waals surface area contributed by atoms with Gasteiger partial charge in [0, 0.05) is 22.3 Å². The van der Waals surface area contributed by atoms with Crippen LogP contribution in [0.15, 0.2) is 59.3 Å². The van der Waals surface area contributed by atoms with E-state index in [2.05, 4.69) is 69.6 Å². The first kappa shape index (κ1) is 14.2. The molecule has 2 aromatic carbocycles. The fourth-order valence-corrected chi connectivity index (χ4v) is 3.21. The molecular weight excluding hydrogens is 324 g/mol. The summed E-state index contributed by atoms with van der Waals surface area (Å²) in [4.78, 5) is 4.40. The molecular formula is C18H17BrN2. The average molecular weight is 341 g/mol. The van der Waals surface area contributed by atoms with Gasteiger partial charge in [-0.15, -0.1) is 0 Å². The minimum absolute atomic E-state index is 0.109. The summed E-state index contributed by atoms with van der Waals surface area (Å²) in [5.41, 5.74) is 3.68. The van der Waals surface area contributed by atoms with Crippen LogP contribution in [-0.2, 0) is 0 Å². The Labute approximate surface area is 133 Å². The van der Waals surface area contributed by atoms with Crippen molar-refractivity contribution in [2.75, 3.05) is 7.05 Å². The predicted molar refractivity (Wildman–Crippen MR) is 91.5 cm³/mol. The van der Waals surface area contributed by atoms with Crippen molar-refractivity contribution in [3.05, 3.63) is 76.0 Å². The average Bonchev–Trinajstić information content (AvgIpc) is 2.51. The maximum Gasteiger partial charge on any atom is 0.0607 e. The van der Waals surface area contributed by atoms with Crippen molar-refractivity contribution >= 4 is 26.7 Å². The number of aromatic nitrogens is 1. The van der Waals surface area contributed by atoms with Gasteiger partial charge >= 0.3 is 0 Å². The lowest BCUT2D eigenvalue weighted by atomic mass is 9.95. The van der Waals surface area contributed by atoms with E-state index >= 15 is 0 Å². The fraction of sp³-hybridized carbons (Fsp3) is 0.167. The van der Waals surface area contributed by atoms with Crippen LogP contribution in [-0.4, -0.2) is 12.0 Å². The topological polar surface area (TPSA) is 24.9 Å². The highest BCUT2D eigenvalue weighted by molar-refractivity contribution is 9.10. The molecule has 0 saturated carbocycles. The quantitative estimate of drug-likeness (QED) is 0.752. The molecule has 3 aromatic rings. The molecule has 0 aliphatic rings. The molecule has 0 radical (unpaired) electrons. The second-order valence-corrected chi connectivity index (χ2v) is 6.05. The van der Waals surface area contributed by atoms with Gasteiger partial charge in [0.1, 0.15) is 0 Å². The number of aryl methyl sites for hydroxylation is 1. The summed E-state index contributed by atoms with van der Waals surface area (Å²) < 4.78 is 1.11. The van der Waals surface area contributed by atoms with Crippen LogP contribution in [0.3, 0.4) is 0 Å². The molecule has 2 nitrogen and oxygen atoms in total. The van der Waals surface area contributed by atoms with E-state index in [1.165, 1.54) is 27.5 Å². The van der Waals surface area contributed by atoms with E-state index in [-0.39, 0.29) is 6.04 Å². The van der Waals surface area contributed by atoms with Crippen molar-refractivity contribution in [3.8, 4) is 0 Å². The van der Waals surface area contributed by atoms with Gasteiger partial charge in [0.25, 0.3) is 0 Å². The van der Waals surface area contributed by atoms with Crippen molar-refractivity contribution in [1.29, 1.82) is 0 Å². The number of nitrogens with zero attached hydrogens (tertiary/aromatic N) is 1. The minimum atomic E-state index is 0.109. The monoisotopic (exact) mass is 340 g/mol. The van der Waals surface area contributed by atoms with E-state index in [0.717, 1.165) is 4.47 Å². The maximum absolute atomic E-state index is 4.40. The van der Waals surface area contributed by atoms with Gasteiger partial charge in [0.2, 0.25) is 0 Å². The van der Waals surface area contributed by atoms with E-state index in [0.29, 0.717) is 0 Å². The summed E-state index contributed by atoms with van der Waals surface area (Å²) in [6.45, 7) is 2.12. The maximum atomic E-state index is 4.40. The highest BCUT2D eigenvalue weighted by atomic mass is 79.9. The molecule has 1 aromatic heterocycles. The highest BCUT2D eigenvalue weighted by Gasteiger charge is 2.17. The number of halogens is 1. The smallest absolute Gasteiger partial charge is 0.0607 e. The summed E-state index contributed by atoms with van der Waals surface area (Å²) in [7, 11) is 1.99. The van der Waals surface area contributed by atoms with E-state index in [4.69, 9.17) is 0 Å². The Kier molecular flexibility index (Phi) is 4.04.